The molecule has 3 heterocycles. The molecule has 2 aromatic heterocycles. The zero-order valence-corrected chi connectivity index (χ0v) is 16.6. The predicted octanol–water partition coefficient (Wildman–Crippen LogP) is 4.25. The summed E-state index contributed by atoms with van der Waals surface area (Å²) in [6, 6.07) is 9.91. The first-order valence-electron chi connectivity index (χ1n) is 9.05. The van der Waals surface area contributed by atoms with Crippen LogP contribution in [0, 0.1) is 0 Å². The van der Waals surface area contributed by atoms with Gasteiger partial charge in [-0.3, -0.25) is 0 Å². The van der Waals surface area contributed by atoms with Crippen molar-refractivity contribution in [2.24, 2.45) is 7.05 Å². The maximum absolute atomic E-state index is 6.18. The summed E-state index contributed by atoms with van der Waals surface area (Å²) in [5, 5.41) is 5.63. The van der Waals surface area contributed by atoms with Crippen molar-refractivity contribution in [1.82, 2.24) is 14.8 Å². The van der Waals surface area contributed by atoms with Gasteiger partial charge in [0.05, 0.1) is 18.3 Å². The first-order valence-corrected chi connectivity index (χ1v) is 9.05. The van der Waals surface area contributed by atoms with E-state index in [1.165, 1.54) is 0 Å². The SMILES string of the molecule is COc1ccccc1-c1nn(C)c2ncc(C3OC(C)(C)C(C)(C)O3)cc12. The standard InChI is InChI=1S/C21H25N3O3/c1-20(2)21(3,4)27-19(26-20)13-11-15-17(23-24(5)18(15)22-12-13)14-9-7-8-10-16(14)25-6/h7-12,19H,1-6H3. The molecule has 4 rings (SSSR count). The van der Waals surface area contributed by atoms with Gasteiger partial charge in [-0.15, -0.1) is 0 Å². The second kappa shape index (κ2) is 6.04. The molecule has 0 radical (unpaired) electrons. The van der Waals surface area contributed by atoms with E-state index in [0.717, 1.165) is 33.6 Å². The lowest BCUT2D eigenvalue weighted by molar-refractivity contribution is -0.0896. The van der Waals surface area contributed by atoms with Gasteiger partial charge in [0.15, 0.2) is 11.9 Å². The second-order valence-electron chi connectivity index (χ2n) is 7.90. The smallest absolute Gasteiger partial charge is 0.186 e. The van der Waals surface area contributed by atoms with Crippen molar-refractivity contribution in [2.75, 3.05) is 7.11 Å². The summed E-state index contributed by atoms with van der Waals surface area (Å²) in [7, 11) is 3.56. The van der Waals surface area contributed by atoms with Gasteiger partial charge < -0.3 is 14.2 Å². The van der Waals surface area contributed by atoms with Crippen molar-refractivity contribution in [3.8, 4) is 17.0 Å². The number of aryl methyl sites for hydroxylation is 1. The number of rotatable bonds is 3. The average Bonchev–Trinajstić information content (AvgIpc) is 3.07. The van der Waals surface area contributed by atoms with Gasteiger partial charge in [0.2, 0.25) is 0 Å². The number of nitrogens with zero attached hydrogens (tertiary/aromatic N) is 3. The highest BCUT2D eigenvalue weighted by atomic mass is 16.7. The van der Waals surface area contributed by atoms with Gasteiger partial charge in [0.1, 0.15) is 11.4 Å². The largest absolute Gasteiger partial charge is 0.496 e. The third kappa shape index (κ3) is 2.80. The number of benzene rings is 1. The first kappa shape index (κ1) is 17.9. The van der Waals surface area contributed by atoms with Crippen LogP contribution in [-0.4, -0.2) is 33.1 Å². The molecule has 0 atom stereocenters. The summed E-state index contributed by atoms with van der Waals surface area (Å²) in [4.78, 5) is 4.62. The lowest BCUT2D eigenvalue weighted by Gasteiger charge is -2.30. The third-order valence-electron chi connectivity index (χ3n) is 5.59. The van der Waals surface area contributed by atoms with E-state index in [1.54, 1.807) is 18.0 Å². The Bertz CT molecular complexity index is 991. The highest BCUT2D eigenvalue weighted by Crippen LogP contribution is 2.45. The van der Waals surface area contributed by atoms with E-state index < -0.39 is 17.5 Å². The Morgan fingerprint density at radius 2 is 1.74 bits per heavy atom. The minimum absolute atomic E-state index is 0.396. The van der Waals surface area contributed by atoms with Gasteiger partial charge in [-0.1, -0.05) is 12.1 Å². The van der Waals surface area contributed by atoms with E-state index in [2.05, 4.69) is 16.1 Å². The van der Waals surface area contributed by atoms with E-state index in [-0.39, 0.29) is 0 Å². The molecule has 0 bridgehead atoms. The lowest BCUT2D eigenvalue weighted by Crippen LogP contribution is -2.41. The van der Waals surface area contributed by atoms with Crippen molar-refractivity contribution in [3.63, 3.8) is 0 Å². The number of fused-ring (bicyclic) bond motifs is 1. The molecule has 1 aliphatic heterocycles. The highest BCUT2D eigenvalue weighted by Gasteiger charge is 2.49. The molecule has 1 saturated heterocycles. The van der Waals surface area contributed by atoms with Crippen molar-refractivity contribution < 1.29 is 14.2 Å². The maximum Gasteiger partial charge on any atom is 0.186 e. The molecule has 6 heteroatoms. The van der Waals surface area contributed by atoms with Crippen LogP contribution >= 0.6 is 0 Å². The number of para-hydroxylation sites is 1. The summed E-state index contributed by atoms with van der Waals surface area (Å²) in [6.07, 6.45) is 1.34. The molecule has 0 spiro atoms. The molecule has 1 aliphatic rings. The Balaban J connectivity index is 1.84. The van der Waals surface area contributed by atoms with Crippen LogP contribution in [0.25, 0.3) is 22.3 Å². The minimum Gasteiger partial charge on any atom is -0.496 e. The molecule has 0 aliphatic carbocycles. The lowest BCUT2D eigenvalue weighted by atomic mass is 9.90. The van der Waals surface area contributed by atoms with Crippen molar-refractivity contribution in [2.45, 2.75) is 45.2 Å². The molecule has 27 heavy (non-hydrogen) atoms. The number of hydrogen-bond acceptors (Lipinski definition) is 5. The Hall–Kier alpha value is -2.44. The van der Waals surface area contributed by atoms with Gasteiger partial charge in [-0.25, -0.2) is 9.67 Å². The van der Waals surface area contributed by atoms with Gasteiger partial charge in [0, 0.05) is 29.8 Å². The zero-order valence-electron chi connectivity index (χ0n) is 16.6. The highest BCUT2D eigenvalue weighted by molar-refractivity contribution is 5.93. The van der Waals surface area contributed by atoms with E-state index in [0.29, 0.717) is 0 Å². The minimum atomic E-state index is -0.461. The number of pyridine rings is 1. The number of ether oxygens (including phenoxy) is 3. The van der Waals surface area contributed by atoms with E-state index in [9.17, 15) is 0 Å². The molecule has 3 aromatic rings. The van der Waals surface area contributed by atoms with Crippen LogP contribution in [0.15, 0.2) is 36.5 Å². The molecule has 0 N–H and O–H groups in total. The average molecular weight is 367 g/mol. The molecule has 6 nitrogen and oxygen atoms in total. The van der Waals surface area contributed by atoms with Crippen molar-refractivity contribution >= 4 is 11.0 Å². The first-order chi connectivity index (χ1) is 12.7. The molecule has 0 amide bonds. The molecule has 1 aromatic carbocycles. The zero-order chi connectivity index (χ0) is 19.4. The van der Waals surface area contributed by atoms with Gasteiger partial charge >= 0.3 is 0 Å². The molecular weight excluding hydrogens is 342 g/mol. The fourth-order valence-corrected chi connectivity index (χ4v) is 3.30. The topological polar surface area (TPSA) is 58.4 Å². The van der Waals surface area contributed by atoms with E-state index in [4.69, 9.17) is 14.2 Å². The Labute approximate surface area is 159 Å². The van der Waals surface area contributed by atoms with Gasteiger partial charge in [-0.2, -0.15) is 5.10 Å². The molecular formula is C21H25N3O3. The normalized spacial score (nSPS) is 18.9. The molecule has 142 valence electrons. The van der Waals surface area contributed by atoms with Crippen molar-refractivity contribution in [3.05, 3.63) is 42.1 Å². The number of hydrogen-bond donors (Lipinski definition) is 0. The van der Waals surface area contributed by atoms with Crippen LogP contribution in [0.3, 0.4) is 0 Å². The summed E-state index contributed by atoms with van der Waals surface area (Å²) >= 11 is 0. The van der Waals surface area contributed by atoms with Crippen LogP contribution in [0.1, 0.15) is 39.5 Å². The quantitative estimate of drug-likeness (QED) is 0.693. The summed E-state index contributed by atoms with van der Waals surface area (Å²) in [5.41, 5.74) is 2.65. The Morgan fingerprint density at radius 1 is 1.07 bits per heavy atom. The van der Waals surface area contributed by atoms with E-state index in [1.807, 2.05) is 59.0 Å². The predicted molar refractivity (Wildman–Crippen MR) is 104 cm³/mol. The van der Waals surface area contributed by atoms with Crippen molar-refractivity contribution in [1.29, 1.82) is 0 Å². The summed E-state index contributed by atoms with van der Waals surface area (Å²) in [5.74, 6) is 0.776. The molecule has 1 fully saturated rings. The molecule has 0 unspecified atom stereocenters. The van der Waals surface area contributed by atoms with Crippen LogP contribution in [0.4, 0.5) is 0 Å². The monoisotopic (exact) mass is 367 g/mol. The fraction of sp³-hybridized carbons (Fsp3) is 0.429. The van der Waals surface area contributed by atoms with Crippen LogP contribution in [0.2, 0.25) is 0 Å². The second-order valence-corrected chi connectivity index (χ2v) is 7.90. The fourth-order valence-electron chi connectivity index (χ4n) is 3.30. The van der Waals surface area contributed by atoms with E-state index >= 15 is 0 Å². The third-order valence-corrected chi connectivity index (χ3v) is 5.59. The number of methoxy groups -OCH3 is 1. The summed E-state index contributed by atoms with van der Waals surface area (Å²) in [6.45, 7) is 8.18. The van der Waals surface area contributed by atoms with Crippen LogP contribution in [-0.2, 0) is 16.5 Å². The van der Waals surface area contributed by atoms with Gasteiger partial charge in [0.25, 0.3) is 0 Å². The molecule has 0 saturated carbocycles. The number of aromatic nitrogens is 3. The van der Waals surface area contributed by atoms with Gasteiger partial charge in [-0.05, 0) is 45.9 Å². The summed E-state index contributed by atoms with van der Waals surface area (Å²) < 4.78 is 19.7. The maximum atomic E-state index is 6.18. The Morgan fingerprint density at radius 3 is 2.41 bits per heavy atom. The van der Waals surface area contributed by atoms with Crippen LogP contribution in [0.5, 0.6) is 5.75 Å². The van der Waals surface area contributed by atoms with Crippen LogP contribution < -0.4 is 4.74 Å². The Kier molecular flexibility index (Phi) is 4.01.